The minimum absolute atomic E-state index is 0.190. The van der Waals surface area contributed by atoms with Crippen LogP contribution >= 0.6 is 0 Å². The molecule has 0 bridgehead atoms. The number of H-pyrrole nitrogens is 1. The van der Waals surface area contributed by atoms with Gasteiger partial charge in [0.1, 0.15) is 5.82 Å². The highest BCUT2D eigenvalue weighted by Gasteiger charge is 2.04. The molecule has 0 aliphatic rings. The normalized spacial score (nSPS) is 10.3. The topological polar surface area (TPSA) is 15.8 Å². The monoisotopic (exact) mass is 207 g/mol. The molecule has 0 fully saturated rings. The van der Waals surface area contributed by atoms with E-state index in [1.54, 1.807) is 6.07 Å². The number of aromatic nitrogens is 1. The smallest absolute Gasteiger partial charge is 0.125 e. The lowest BCUT2D eigenvalue weighted by molar-refractivity contribution is 0.629. The zero-order chi connectivity index (χ0) is 11.4. The molecule has 1 nitrogen and oxygen atoms in total. The van der Waals surface area contributed by atoms with Gasteiger partial charge in [0, 0.05) is 11.2 Å². The van der Waals surface area contributed by atoms with Gasteiger partial charge in [-0.15, -0.1) is 0 Å². The van der Waals surface area contributed by atoms with Crippen LogP contribution in [0.4, 0.5) is 4.39 Å². The van der Waals surface area contributed by atoms with E-state index < -0.39 is 0 Å². The number of benzene rings is 1. The highest BCUT2D eigenvalue weighted by Crippen LogP contribution is 2.21. The van der Waals surface area contributed by atoms with Gasteiger partial charge in [-0.1, -0.05) is 27.7 Å². The van der Waals surface area contributed by atoms with Gasteiger partial charge in [0.25, 0.3) is 0 Å². The predicted octanol–water partition coefficient (Wildman–Crippen LogP) is 4.46. The van der Waals surface area contributed by atoms with E-state index in [0.29, 0.717) is 5.92 Å². The molecule has 1 aromatic carbocycles. The largest absolute Gasteiger partial charge is 0.358 e. The summed E-state index contributed by atoms with van der Waals surface area (Å²) in [4.78, 5) is 3.20. The molecule has 1 heterocycles. The van der Waals surface area contributed by atoms with Gasteiger partial charge in [-0.2, -0.15) is 0 Å². The Morgan fingerprint density at radius 2 is 1.80 bits per heavy atom. The molecule has 15 heavy (non-hydrogen) atoms. The molecule has 1 N–H and O–H groups in total. The van der Waals surface area contributed by atoms with Crippen molar-refractivity contribution in [3.8, 4) is 0 Å². The van der Waals surface area contributed by atoms with Crippen molar-refractivity contribution < 1.29 is 4.39 Å². The summed E-state index contributed by atoms with van der Waals surface area (Å²) in [5, 5.41) is 1.07. The van der Waals surface area contributed by atoms with E-state index in [2.05, 4.69) is 24.9 Å². The number of nitrogens with one attached hydrogen (secondary N) is 1. The van der Waals surface area contributed by atoms with Crippen molar-refractivity contribution in [1.29, 1.82) is 0 Å². The van der Waals surface area contributed by atoms with Crippen molar-refractivity contribution in [2.75, 3.05) is 0 Å². The van der Waals surface area contributed by atoms with Crippen molar-refractivity contribution in [2.45, 2.75) is 33.6 Å². The first-order valence-electron chi connectivity index (χ1n) is 5.45. The van der Waals surface area contributed by atoms with Crippen molar-refractivity contribution in [3.63, 3.8) is 0 Å². The summed E-state index contributed by atoms with van der Waals surface area (Å²) in [6.07, 6.45) is 0. The summed E-state index contributed by atoms with van der Waals surface area (Å²) < 4.78 is 12.8. The first-order valence-corrected chi connectivity index (χ1v) is 5.45. The molecule has 0 saturated heterocycles. The van der Waals surface area contributed by atoms with Crippen LogP contribution in [0.25, 0.3) is 10.9 Å². The second-order valence-electron chi connectivity index (χ2n) is 3.61. The summed E-state index contributed by atoms with van der Waals surface area (Å²) >= 11 is 0. The molecule has 0 aliphatic heterocycles. The van der Waals surface area contributed by atoms with Crippen LogP contribution in [0.2, 0.25) is 0 Å². The molecule has 0 unspecified atom stereocenters. The highest BCUT2D eigenvalue weighted by atomic mass is 19.1. The number of rotatable bonds is 1. The van der Waals surface area contributed by atoms with E-state index in [9.17, 15) is 4.39 Å². The molecule has 2 aromatic rings. The summed E-state index contributed by atoms with van der Waals surface area (Å²) in [7, 11) is 0. The number of halogens is 1. The van der Waals surface area contributed by atoms with E-state index in [4.69, 9.17) is 0 Å². The summed E-state index contributed by atoms with van der Waals surface area (Å²) in [5.74, 6) is 0.264. The lowest BCUT2D eigenvalue weighted by Gasteiger charge is -1.97. The molecule has 0 spiro atoms. The molecular formula is C13H18FN. The van der Waals surface area contributed by atoms with Crippen molar-refractivity contribution >= 4 is 10.9 Å². The second-order valence-corrected chi connectivity index (χ2v) is 3.61. The molecule has 1 aromatic heterocycles. The molecule has 0 aliphatic carbocycles. The van der Waals surface area contributed by atoms with Crippen LogP contribution in [0.5, 0.6) is 0 Å². The summed E-state index contributed by atoms with van der Waals surface area (Å²) in [6.45, 7) is 8.22. The lowest BCUT2D eigenvalue weighted by atomic mass is 10.1. The van der Waals surface area contributed by atoms with Crippen LogP contribution in [0.1, 0.15) is 39.3 Å². The average Bonchev–Trinajstić information content (AvgIpc) is 2.63. The number of hydrogen-bond acceptors (Lipinski definition) is 0. The molecule has 2 rings (SSSR count). The maximum atomic E-state index is 12.8. The summed E-state index contributed by atoms with van der Waals surface area (Å²) in [5.41, 5.74) is 2.03. The number of hydrogen-bond donors (Lipinski definition) is 1. The summed E-state index contributed by atoms with van der Waals surface area (Å²) in [6, 6.07) is 6.88. The van der Waals surface area contributed by atoms with Crippen LogP contribution < -0.4 is 0 Å². The first kappa shape index (κ1) is 11.8. The van der Waals surface area contributed by atoms with Gasteiger partial charge < -0.3 is 4.98 Å². The van der Waals surface area contributed by atoms with Gasteiger partial charge in [0.15, 0.2) is 0 Å². The van der Waals surface area contributed by atoms with Crippen molar-refractivity contribution in [1.82, 2.24) is 4.98 Å². The zero-order valence-corrected chi connectivity index (χ0v) is 9.76. The van der Waals surface area contributed by atoms with E-state index in [1.165, 1.54) is 12.1 Å². The van der Waals surface area contributed by atoms with Crippen LogP contribution in [0, 0.1) is 5.82 Å². The molecule has 0 amide bonds. The fourth-order valence-corrected chi connectivity index (χ4v) is 1.43. The Bertz CT molecular complexity index is 429. The van der Waals surface area contributed by atoms with Gasteiger partial charge in [0.2, 0.25) is 0 Å². The van der Waals surface area contributed by atoms with Gasteiger partial charge in [0.05, 0.1) is 0 Å². The van der Waals surface area contributed by atoms with Crippen molar-refractivity contribution in [2.24, 2.45) is 0 Å². The highest BCUT2D eigenvalue weighted by molar-refractivity contribution is 5.80. The van der Waals surface area contributed by atoms with Gasteiger partial charge in [-0.25, -0.2) is 4.39 Å². The average molecular weight is 207 g/mol. The molecular weight excluding hydrogens is 189 g/mol. The molecule has 0 radical (unpaired) electrons. The van der Waals surface area contributed by atoms with Crippen LogP contribution in [0.3, 0.4) is 0 Å². The fraction of sp³-hybridized carbons (Fsp3) is 0.385. The van der Waals surface area contributed by atoms with Crippen LogP contribution in [-0.4, -0.2) is 4.98 Å². The maximum Gasteiger partial charge on any atom is 0.125 e. The number of fused-ring (bicyclic) bond motifs is 1. The minimum atomic E-state index is -0.190. The zero-order valence-electron chi connectivity index (χ0n) is 9.76. The van der Waals surface area contributed by atoms with Gasteiger partial charge in [-0.3, -0.25) is 0 Å². The van der Waals surface area contributed by atoms with E-state index in [1.807, 2.05) is 13.8 Å². The second kappa shape index (κ2) is 4.96. The third-order valence-corrected chi connectivity index (χ3v) is 2.23. The molecule has 0 saturated carbocycles. The minimum Gasteiger partial charge on any atom is -0.358 e. The Balaban J connectivity index is 0.000000531. The van der Waals surface area contributed by atoms with Crippen molar-refractivity contribution in [3.05, 3.63) is 35.8 Å². The lowest BCUT2D eigenvalue weighted by Crippen LogP contribution is -1.84. The van der Waals surface area contributed by atoms with E-state index in [0.717, 1.165) is 16.6 Å². The Hall–Kier alpha value is -1.31. The quantitative estimate of drug-likeness (QED) is 0.710. The van der Waals surface area contributed by atoms with E-state index in [-0.39, 0.29) is 5.82 Å². The Labute approximate surface area is 90.3 Å². The third-order valence-electron chi connectivity index (χ3n) is 2.23. The maximum absolute atomic E-state index is 12.8. The Morgan fingerprint density at radius 3 is 2.40 bits per heavy atom. The standard InChI is InChI=1S/C11H12FN.C2H6/c1-7(2)10-5-8-3-4-9(12)6-11(8)13-10;1-2/h3-7,13H,1-2H3;1-2H3. The third kappa shape index (κ3) is 2.58. The fourth-order valence-electron chi connectivity index (χ4n) is 1.43. The van der Waals surface area contributed by atoms with Crippen LogP contribution in [-0.2, 0) is 0 Å². The van der Waals surface area contributed by atoms with E-state index >= 15 is 0 Å². The SMILES string of the molecule is CC.CC(C)c1cc2ccc(F)cc2[nH]1. The molecule has 0 atom stereocenters. The predicted molar refractivity (Wildman–Crippen MR) is 63.7 cm³/mol. The molecule has 2 heteroatoms. The van der Waals surface area contributed by atoms with Gasteiger partial charge >= 0.3 is 0 Å². The Kier molecular flexibility index (Phi) is 3.89. The Morgan fingerprint density at radius 1 is 1.13 bits per heavy atom. The number of aromatic amines is 1. The molecule has 82 valence electrons. The first-order chi connectivity index (χ1) is 7.16. The van der Waals surface area contributed by atoms with Gasteiger partial charge in [-0.05, 0) is 35.6 Å². The van der Waals surface area contributed by atoms with Crippen LogP contribution in [0.15, 0.2) is 24.3 Å².